The second kappa shape index (κ2) is 11.8. The first-order chi connectivity index (χ1) is 13.5. The van der Waals surface area contributed by atoms with Gasteiger partial charge in [0.05, 0.1) is 0 Å². The lowest BCUT2D eigenvalue weighted by Gasteiger charge is -2.30. The lowest BCUT2D eigenvalue weighted by atomic mass is 9.95. The maximum absolute atomic E-state index is 12.1. The highest BCUT2D eigenvalue weighted by molar-refractivity contribution is 7.85. The molecule has 1 aromatic rings. The molecule has 3 N–H and O–H groups in total. The number of nitrogens with one attached hydrogen (secondary N) is 3. The number of amides is 1. The van der Waals surface area contributed by atoms with Gasteiger partial charge in [0.15, 0.2) is 5.96 Å². The number of hydrogen-bond donors (Lipinski definition) is 3. The molecule has 1 aromatic carbocycles. The van der Waals surface area contributed by atoms with Gasteiger partial charge in [0.2, 0.25) is 5.91 Å². The maximum atomic E-state index is 12.1. The van der Waals surface area contributed by atoms with Crippen LogP contribution < -0.4 is 16.0 Å². The fraction of sp³-hybridized carbons (Fsp3) is 0.619. The van der Waals surface area contributed by atoms with E-state index in [2.05, 4.69) is 20.9 Å². The Morgan fingerprint density at radius 1 is 1.29 bits per heavy atom. The summed E-state index contributed by atoms with van der Waals surface area (Å²) in [6.07, 6.45) is 5.54. The minimum Gasteiger partial charge on any atom is -0.354 e. The Hall–Kier alpha value is -1.89. The van der Waals surface area contributed by atoms with Crippen LogP contribution in [0.15, 0.2) is 29.3 Å². The first-order valence-corrected chi connectivity index (χ1v) is 11.7. The summed E-state index contributed by atoms with van der Waals surface area (Å²) in [5.41, 5.74) is 1.89. The van der Waals surface area contributed by atoms with Gasteiger partial charge in [-0.2, -0.15) is 0 Å². The summed E-state index contributed by atoms with van der Waals surface area (Å²) < 4.78 is 12.1. The first-order valence-electron chi connectivity index (χ1n) is 10.3. The summed E-state index contributed by atoms with van der Waals surface area (Å²) in [6, 6.07) is 8.16. The van der Waals surface area contributed by atoms with Crippen LogP contribution in [0.3, 0.4) is 0 Å². The molecule has 0 bridgehead atoms. The molecule has 6 nitrogen and oxygen atoms in total. The van der Waals surface area contributed by atoms with Crippen molar-refractivity contribution in [2.75, 3.05) is 18.1 Å². The SMILES string of the molecule is CCCC(=O)Nc1cccc(CNC(=NC)NC2CCCC(S(=O)CC)C2)c1. The van der Waals surface area contributed by atoms with Crippen LogP contribution in [-0.2, 0) is 22.1 Å². The zero-order valence-electron chi connectivity index (χ0n) is 17.3. The van der Waals surface area contributed by atoms with Gasteiger partial charge in [-0.3, -0.25) is 14.0 Å². The molecular formula is C21H34N4O2S. The highest BCUT2D eigenvalue weighted by Crippen LogP contribution is 2.23. The average Bonchev–Trinajstić information content (AvgIpc) is 2.71. The van der Waals surface area contributed by atoms with Crippen LogP contribution in [0, 0.1) is 0 Å². The number of benzene rings is 1. The van der Waals surface area contributed by atoms with Crippen LogP contribution in [-0.4, -0.2) is 40.2 Å². The third-order valence-electron chi connectivity index (χ3n) is 4.99. The zero-order valence-corrected chi connectivity index (χ0v) is 18.1. The number of rotatable bonds is 8. The fourth-order valence-electron chi connectivity index (χ4n) is 3.53. The number of carbonyl (C=O) groups is 1. The van der Waals surface area contributed by atoms with E-state index < -0.39 is 10.8 Å². The van der Waals surface area contributed by atoms with E-state index in [9.17, 15) is 9.00 Å². The number of nitrogens with zero attached hydrogens (tertiary/aromatic N) is 1. The summed E-state index contributed by atoms with van der Waals surface area (Å²) in [4.78, 5) is 16.1. The molecule has 1 aliphatic rings. The quantitative estimate of drug-likeness (QED) is 0.457. The summed E-state index contributed by atoms with van der Waals surface area (Å²) in [5, 5.41) is 10.0. The van der Waals surface area contributed by atoms with Crippen molar-refractivity contribution in [1.29, 1.82) is 0 Å². The van der Waals surface area contributed by atoms with E-state index in [-0.39, 0.29) is 11.2 Å². The molecule has 0 radical (unpaired) electrons. The maximum Gasteiger partial charge on any atom is 0.224 e. The van der Waals surface area contributed by atoms with Gasteiger partial charge in [-0.05, 0) is 43.4 Å². The van der Waals surface area contributed by atoms with Gasteiger partial charge in [-0.15, -0.1) is 0 Å². The number of anilines is 1. The number of guanidine groups is 1. The zero-order chi connectivity index (χ0) is 20.4. The molecule has 2 rings (SSSR count). The topological polar surface area (TPSA) is 82.6 Å². The second-order valence-corrected chi connectivity index (χ2v) is 9.23. The molecule has 156 valence electrons. The molecule has 1 aliphatic carbocycles. The molecule has 28 heavy (non-hydrogen) atoms. The van der Waals surface area contributed by atoms with E-state index in [0.717, 1.165) is 55.1 Å². The van der Waals surface area contributed by atoms with Crippen LogP contribution >= 0.6 is 0 Å². The van der Waals surface area contributed by atoms with Gasteiger partial charge >= 0.3 is 0 Å². The molecule has 1 amide bonds. The van der Waals surface area contributed by atoms with E-state index in [0.29, 0.717) is 19.0 Å². The van der Waals surface area contributed by atoms with Crippen molar-refractivity contribution >= 4 is 28.4 Å². The molecule has 0 aliphatic heterocycles. The Morgan fingerprint density at radius 2 is 2.11 bits per heavy atom. The lowest BCUT2D eigenvalue weighted by molar-refractivity contribution is -0.116. The van der Waals surface area contributed by atoms with E-state index in [1.54, 1.807) is 7.05 Å². The largest absolute Gasteiger partial charge is 0.354 e. The number of carbonyl (C=O) groups excluding carboxylic acids is 1. The molecule has 0 saturated heterocycles. The molecule has 0 aromatic heterocycles. The predicted octanol–water partition coefficient (Wildman–Crippen LogP) is 3.17. The third-order valence-corrected chi connectivity index (χ3v) is 6.74. The predicted molar refractivity (Wildman–Crippen MR) is 118 cm³/mol. The van der Waals surface area contributed by atoms with Crippen molar-refractivity contribution in [3.05, 3.63) is 29.8 Å². The van der Waals surface area contributed by atoms with Gasteiger partial charge in [0, 0.05) is 53.5 Å². The molecule has 3 unspecified atom stereocenters. The van der Waals surface area contributed by atoms with Crippen LogP contribution in [0.2, 0.25) is 0 Å². The van der Waals surface area contributed by atoms with Crippen LogP contribution in [0.25, 0.3) is 0 Å². The molecule has 7 heteroatoms. The van der Waals surface area contributed by atoms with Crippen molar-refractivity contribution in [1.82, 2.24) is 10.6 Å². The van der Waals surface area contributed by atoms with Gasteiger partial charge < -0.3 is 16.0 Å². The highest BCUT2D eigenvalue weighted by atomic mass is 32.2. The highest BCUT2D eigenvalue weighted by Gasteiger charge is 2.26. The molecule has 3 atom stereocenters. The summed E-state index contributed by atoms with van der Waals surface area (Å²) >= 11 is 0. The smallest absolute Gasteiger partial charge is 0.224 e. The second-order valence-electron chi connectivity index (χ2n) is 7.22. The fourth-order valence-corrected chi connectivity index (χ4v) is 4.88. The van der Waals surface area contributed by atoms with E-state index >= 15 is 0 Å². The molecule has 0 heterocycles. The Morgan fingerprint density at radius 3 is 2.82 bits per heavy atom. The van der Waals surface area contributed by atoms with E-state index in [1.165, 1.54) is 0 Å². The van der Waals surface area contributed by atoms with Crippen molar-refractivity contribution in [2.45, 2.75) is 70.2 Å². The molecular weight excluding hydrogens is 372 g/mol. The normalized spacial score (nSPS) is 21.0. The molecule has 0 spiro atoms. The lowest BCUT2D eigenvalue weighted by Crippen LogP contribution is -2.46. The third kappa shape index (κ3) is 7.26. The van der Waals surface area contributed by atoms with Gasteiger partial charge in [0.25, 0.3) is 0 Å². The van der Waals surface area contributed by atoms with Crippen molar-refractivity contribution < 1.29 is 9.00 Å². The van der Waals surface area contributed by atoms with Gasteiger partial charge in [-0.1, -0.05) is 32.4 Å². The average molecular weight is 407 g/mol. The van der Waals surface area contributed by atoms with Gasteiger partial charge in [0.1, 0.15) is 0 Å². The monoisotopic (exact) mass is 406 g/mol. The summed E-state index contributed by atoms with van der Waals surface area (Å²) in [5.74, 6) is 1.53. The minimum atomic E-state index is -0.729. The van der Waals surface area contributed by atoms with Crippen LogP contribution in [0.1, 0.15) is 57.9 Å². The van der Waals surface area contributed by atoms with E-state index in [1.807, 2.05) is 38.1 Å². The van der Waals surface area contributed by atoms with Crippen LogP contribution in [0.5, 0.6) is 0 Å². The summed E-state index contributed by atoms with van der Waals surface area (Å²) in [7, 11) is 1.04. The van der Waals surface area contributed by atoms with Crippen molar-refractivity contribution in [3.63, 3.8) is 0 Å². The van der Waals surface area contributed by atoms with Gasteiger partial charge in [-0.25, -0.2) is 0 Å². The number of aliphatic imine (C=N–C) groups is 1. The van der Waals surface area contributed by atoms with Crippen LogP contribution in [0.4, 0.5) is 5.69 Å². The van der Waals surface area contributed by atoms with E-state index in [4.69, 9.17) is 0 Å². The number of hydrogen-bond acceptors (Lipinski definition) is 3. The molecule has 1 fully saturated rings. The first kappa shape index (κ1) is 22.4. The minimum absolute atomic E-state index is 0.0430. The Balaban J connectivity index is 1.87. The Labute approximate surface area is 171 Å². The van der Waals surface area contributed by atoms with Crippen molar-refractivity contribution in [3.8, 4) is 0 Å². The Kier molecular flexibility index (Phi) is 9.47. The molecule has 1 saturated carbocycles. The standard InChI is InChI=1S/C21H34N4O2S/c1-4-8-20(26)24-17-10-6-9-16(13-17)15-23-21(22-3)25-18-11-7-12-19(14-18)28(27)5-2/h6,9-10,13,18-19H,4-5,7-8,11-12,14-15H2,1-3H3,(H,24,26)(H2,22,23,25). The Bertz CT molecular complexity index is 693. The summed E-state index contributed by atoms with van der Waals surface area (Å²) in [6.45, 7) is 4.60. The van der Waals surface area contributed by atoms with Crippen molar-refractivity contribution in [2.24, 2.45) is 4.99 Å².